The molecule has 0 aromatic heterocycles. The lowest BCUT2D eigenvalue weighted by atomic mass is 10.0. The van der Waals surface area contributed by atoms with Crippen LogP contribution in [0.1, 0.15) is 37.0 Å². The fourth-order valence-electron chi connectivity index (χ4n) is 2.26. The van der Waals surface area contributed by atoms with E-state index in [0.717, 1.165) is 31.7 Å². The van der Waals surface area contributed by atoms with Crippen LogP contribution < -0.4 is 11.1 Å². The fourth-order valence-corrected chi connectivity index (χ4v) is 2.26. The van der Waals surface area contributed by atoms with E-state index in [1.807, 2.05) is 6.07 Å². The van der Waals surface area contributed by atoms with Crippen molar-refractivity contribution in [1.29, 1.82) is 0 Å². The molecular weight excluding hydrogens is 228 g/mol. The van der Waals surface area contributed by atoms with Crippen molar-refractivity contribution in [2.45, 2.75) is 32.3 Å². The smallest absolute Gasteiger partial charge is 0.161 e. The quantitative estimate of drug-likeness (QED) is 0.634. The molecule has 1 atom stereocenters. The second-order valence-electron chi connectivity index (χ2n) is 5.11. The Balaban J connectivity index is 2.02. The number of carbonyl (C=O) groups is 1. The van der Waals surface area contributed by atoms with Crippen molar-refractivity contribution in [2.24, 2.45) is 0 Å². The van der Waals surface area contributed by atoms with Gasteiger partial charge in [-0.05, 0) is 44.9 Å². The number of nitrogen functional groups attached to an aromatic ring is 1. The van der Waals surface area contributed by atoms with Crippen LogP contribution in [-0.4, -0.2) is 24.5 Å². The Morgan fingerprint density at radius 3 is 2.89 bits per heavy atom. The number of hydrogen-bond acceptors (Lipinski definition) is 4. The van der Waals surface area contributed by atoms with Gasteiger partial charge < -0.3 is 15.8 Å². The zero-order valence-corrected chi connectivity index (χ0v) is 11.0. The van der Waals surface area contributed by atoms with Gasteiger partial charge in [-0.1, -0.05) is 0 Å². The normalized spacial score (nSPS) is 23.0. The summed E-state index contributed by atoms with van der Waals surface area (Å²) in [4.78, 5) is 11.3. The van der Waals surface area contributed by atoms with Crippen molar-refractivity contribution in [3.05, 3.63) is 23.8 Å². The van der Waals surface area contributed by atoms with Gasteiger partial charge in [0.1, 0.15) is 0 Å². The Hall–Kier alpha value is -1.55. The van der Waals surface area contributed by atoms with Gasteiger partial charge in [-0.15, -0.1) is 0 Å². The Kier molecular flexibility index (Phi) is 3.57. The molecule has 0 radical (unpaired) electrons. The molecular formula is C14H20N2O2. The van der Waals surface area contributed by atoms with Gasteiger partial charge in [0.25, 0.3) is 0 Å². The first kappa shape index (κ1) is 12.9. The molecule has 1 heterocycles. The van der Waals surface area contributed by atoms with Gasteiger partial charge in [-0.3, -0.25) is 4.79 Å². The number of carbonyl (C=O) groups excluding carboxylic acids is 1. The predicted molar refractivity (Wildman–Crippen MR) is 72.9 cm³/mol. The lowest BCUT2D eigenvalue weighted by Gasteiger charge is -2.24. The van der Waals surface area contributed by atoms with Crippen LogP contribution in [-0.2, 0) is 4.74 Å². The van der Waals surface area contributed by atoms with E-state index >= 15 is 0 Å². The summed E-state index contributed by atoms with van der Waals surface area (Å²) < 4.78 is 5.71. The van der Waals surface area contributed by atoms with Crippen molar-refractivity contribution in [2.75, 3.05) is 24.2 Å². The van der Waals surface area contributed by atoms with E-state index in [2.05, 4.69) is 12.2 Å². The molecule has 3 N–H and O–H groups in total. The third-order valence-corrected chi connectivity index (χ3v) is 3.40. The van der Waals surface area contributed by atoms with Crippen molar-refractivity contribution in [1.82, 2.24) is 0 Å². The van der Waals surface area contributed by atoms with Crippen LogP contribution in [0.2, 0.25) is 0 Å². The number of benzene rings is 1. The Morgan fingerprint density at radius 1 is 1.56 bits per heavy atom. The molecule has 0 amide bonds. The highest BCUT2D eigenvalue weighted by molar-refractivity contribution is 5.99. The number of anilines is 2. The molecule has 4 nitrogen and oxygen atoms in total. The van der Waals surface area contributed by atoms with Crippen molar-refractivity contribution in [3.63, 3.8) is 0 Å². The molecule has 1 aromatic carbocycles. The van der Waals surface area contributed by atoms with Crippen LogP contribution >= 0.6 is 0 Å². The minimum absolute atomic E-state index is 0.00913. The van der Waals surface area contributed by atoms with Crippen LogP contribution in [0.5, 0.6) is 0 Å². The van der Waals surface area contributed by atoms with E-state index in [1.54, 1.807) is 12.1 Å². The number of ether oxygens (including phenoxy) is 1. The average molecular weight is 248 g/mol. The zero-order chi connectivity index (χ0) is 13.2. The molecule has 0 spiro atoms. The van der Waals surface area contributed by atoms with E-state index < -0.39 is 0 Å². The summed E-state index contributed by atoms with van der Waals surface area (Å²) in [5.74, 6) is -0.00913. The lowest BCUT2D eigenvalue weighted by Crippen LogP contribution is -2.32. The van der Waals surface area contributed by atoms with Crippen molar-refractivity contribution >= 4 is 17.2 Å². The van der Waals surface area contributed by atoms with Crippen LogP contribution in [0.15, 0.2) is 18.2 Å². The largest absolute Gasteiger partial charge is 0.398 e. The van der Waals surface area contributed by atoms with Gasteiger partial charge in [-0.25, -0.2) is 0 Å². The summed E-state index contributed by atoms with van der Waals surface area (Å²) in [7, 11) is 0. The van der Waals surface area contributed by atoms with E-state index in [4.69, 9.17) is 10.5 Å². The Bertz CT molecular complexity index is 451. The van der Waals surface area contributed by atoms with Gasteiger partial charge >= 0.3 is 0 Å². The Morgan fingerprint density at radius 2 is 2.33 bits per heavy atom. The minimum atomic E-state index is -0.0893. The highest BCUT2D eigenvalue weighted by Gasteiger charge is 2.29. The van der Waals surface area contributed by atoms with Crippen molar-refractivity contribution in [3.8, 4) is 0 Å². The van der Waals surface area contributed by atoms with Crippen LogP contribution in [0.4, 0.5) is 11.4 Å². The SMILES string of the molecule is CC(=O)c1ccc(NCC2(C)CCCO2)cc1N. The molecule has 1 aliphatic heterocycles. The highest BCUT2D eigenvalue weighted by Crippen LogP contribution is 2.26. The van der Waals surface area contributed by atoms with Gasteiger partial charge in [-0.2, -0.15) is 0 Å². The molecule has 98 valence electrons. The first-order chi connectivity index (χ1) is 8.50. The molecule has 1 fully saturated rings. The highest BCUT2D eigenvalue weighted by atomic mass is 16.5. The summed E-state index contributed by atoms with van der Waals surface area (Å²) in [5.41, 5.74) is 7.77. The molecule has 1 aromatic rings. The van der Waals surface area contributed by atoms with Crippen molar-refractivity contribution < 1.29 is 9.53 Å². The number of nitrogens with one attached hydrogen (secondary N) is 1. The second kappa shape index (κ2) is 4.98. The third kappa shape index (κ3) is 2.82. The fraction of sp³-hybridized carbons (Fsp3) is 0.500. The van der Waals surface area contributed by atoms with Gasteiger partial charge in [0.15, 0.2) is 5.78 Å². The standard InChI is InChI=1S/C14H20N2O2/c1-10(17)12-5-4-11(8-13(12)15)16-9-14(2)6-3-7-18-14/h4-5,8,16H,3,6-7,9,15H2,1-2H3. The maximum Gasteiger partial charge on any atom is 0.161 e. The zero-order valence-electron chi connectivity index (χ0n) is 11.0. The van der Waals surface area contributed by atoms with Crippen LogP contribution in [0.25, 0.3) is 0 Å². The average Bonchev–Trinajstić information content (AvgIpc) is 2.74. The minimum Gasteiger partial charge on any atom is -0.398 e. The topological polar surface area (TPSA) is 64.3 Å². The second-order valence-corrected chi connectivity index (χ2v) is 5.11. The summed E-state index contributed by atoms with van der Waals surface area (Å²) >= 11 is 0. The van der Waals surface area contributed by atoms with E-state index in [1.165, 1.54) is 6.92 Å². The number of rotatable bonds is 4. The van der Waals surface area contributed by atoms with Gasteiger partial charge in [0.2, 0.25) is 0 Å². The third-order valence-electron chi connectivity index (χ3n) is 3.40. The first-order valence-electron chi connectivity index (χ1n) is 6.28. The number of ketones is 1. The molecule has 0 bridgehead atoms. The number of Topliss-reactive ketones (excluding diaryl/α,β-unsaturated/α-hetero) is 1. The van der Waals surface area contributed by atoms with E-state index in [0.29, 0.717) is 11.3 Å². The summed E-state index contributed by atoms with van der Waals surface area (Å²) in [5, 5.41) is 3.32. The van der Waals surface area contributed by atoms with E-state index in [9.17, 15) is 4.79 Å². The number of nitrogens with two attached hydrogens (primary N) is 1. The van der Waals surface area contributed by atoms with Gasteiger partial charge in [0, 0.05) is 30.1 Å². The molecule has 2 rings (SSSR count). The molecule has 0 saturated carbocycles. The molecule has 1 aliphatic rings. The summed E-state index contributed by atoms with van der Waals surface area (Å²) in [6, 6.07) is 5.44. The monoisotopic (exact) mass is 248 g/mol. The first-order valence-corrected chi connectivity index (χ1v) is 6.28. The Labute approximate surface area is 108 Å². The van der Waals surface area contributed by atoms with Gasteiger partial charge in [0.05, 0.1) is 5.60 Å². The molecule has 4 heteroatoms. The summed E-state index contributed by atoms with van der Waals surface area (Å²) in [6.45, 7) is 5.22. The molecule has 1 saturated heterocycles. The maximum atomic E-state index is 11.3. The lowest BCUT2D eigenvalue weighted by molar-refractivity contribution is 0.0315. The van der Waals surface area contributed by atoms with Crippen LogP contribution in [0, 0.1) is 0 Å². The molecule has 0 aliphatic carbocycles. The van der Waals surface area contributed by atoms with E-state index in [-0.39, 0.29) is 11.4 Å². The summed E-state index contributed by atoms with van der Waals surface area (Å²) in [6.07, 6.45) is 2.19. The number of hydrogen-bond donors (Lipinski definition) is 2. The molecule has 18 heavy (non-hydrogen) atoms. The molecule has 1 unspecified atom stereocenters. The van der Waals surface area contributed by atoms with Crippen LogP contribution in [0.3, 0.4) is 0 Å². The maximum absolute atomic E-state index is 11.3. The predicted octanol–water partition coefficient (Wildman–Crippen LogP) is 2.45.